The van der Waals surface area contributed by atoms with Gasteiger partial charge in [-0.2, -0.15) is 5.10 Å². The zero-order valence-corrected chi connectivity index (χ0v) is 12.0. The first kappa shape index (κ1) is 13.3. The molecule has 0 spiro atoms. The first-order chi connectivity index (χ1) is 8.49. The monoisotopic (exact) mass is 329 g/mol. The molecular formula is C11H12BrN3O2S. The number of nitrogens with zero attached hydrogens (tertiary/aromatic N) is 1. The Balaban J connectivity index is 2.17. The van der Waals surface area contributed by atoms with Gasteiger partial charge in [0.2, 0.25) is 0 Å². The van der Waals surface area contributed by atoms with Gasteiger partial charge in [-0.25, -0.2) is 13.1 Å². The third-order valence-electron chi connectivity index (χ3n) is 2.47. The average Bonchev–Trinajstić information content (AvgIpc) is 2.83. The Morgan fingerprint density at radius 1 is 1.28 bits per heavy atom. The van der Waals surface area contributed by atoms with Crippen LogP contribution in [0.4, 0.5) is 0 Å². The molecule has 2 rings (SSSR count). The van der Waals surface area contributed by atoms with E-state index < -0.39 is 10.0 Å². The van der Waals surface area contributed by atoms with E-state index in [1.54, 1.807) is 6.92 Å². The minimum absolute atomic E-state index is 0.0615. The van der Waals surface area contributed by atoms with Crippen molar-refractivity contribution in [1.82, 2.24) is 14.9 Å². The van der Waals surface area contributed by atoms with Gasteiger partial charge in [0, 0.05) is 10.5 Å². The van der Waals surface area contributed by atoms with E-state index in [9.17, 15) is 8.42 Å². The normalized spacial score (nSPS) is 13.4. The van der Waals surface area contributed by atoms with Crippen molar-refractivity contribution in [3.05, 3.63) is 46.6 Å². The SMILES string of the molecule is C[C@H](NS(=O)(=O)c1ccn[nH]1)c1ccc(Br)cc1. The number of aromatic nitrogens is 2. The summed E-state index contributed by atoms with van der Waals surface area (Å²) in [6.07, 6.45) is 1.40. The van der Waals surface area contributed by atoms with Gasteiger partial charge in [-0.1, -0.05) is 28.1 Å². The maximum atomic E-state index is 12.0. The van der Waals surface area contributed by atoms with Crippen LogP contribution < -0.4 is 4.72 Å². The third kappa shape index (κ3) is 2.98. The predicted octanol–water partition coefficient (Wildman–Crippen LogP) is 2.21. The van der Waals surface area contributed by atoms with Gasteiger partial charge in [0.15, 0.2) is 5.03 Å². The minimum atomic E-state index is -3.55. The molecule has 1 heterocycles. The van der Waals surface area contributed by atoms with Crippen LogP contribution in [-0.2, 0) is 10.0 Å². The molecular weight excluding hydrogens is 318 g/mol. The van der Waals surface area contributed by atoms with Crippen LogP contribution in [0.1, 0.15) is 18.5 Å². The maximum absolute atomic E-state index is 12.0. The summed E-state index contributed by atoms with van der Waals surface area (Å²) in [4.78, 5) is 0. The first-order valence-corrected chi connectivity index (χ1v) is 7.54. The van der Waals surface area contributed by atoms with Gasteiger partial charge in [0.05, 0.1) is 6.20 Å². The lowest BCUT2D eigenvalue weighted by atomic mass is 10.1. The lowest BCUT2D eigenvalue weighted by Gasteiger charge is -2.13. The molecule has 0 saturated carbocycles. The fourth-order valence-electron chi connectivity index (χ4n) is 1.51. The molecule has 96 valence electrons. The molecule has 5 nitrogen and oxygen atoms in total. The van der Waals surface area contributed by atoms with E-state index in [0.717, 1.165) is 10.0 Å². The summed E-state index contributed by atoms with van der Waals surface area (Å²) < 4.78 is 27.4. The van der Waals surface area contributed by atoms with E-state index in [4.69, 9.17) is 0 Å². The summed E-state index contributed by atoms with van der Waals surface area (Å²) in [6, 6.07) is 8.57. The number of hydrogen-bond acceptors (Lipinski definition) is 3. The summed E-state index contributed by atoms with van der Waals surface area (Å²) >= 11 is 3.34. The molecule has 1 aromatic carbocycles. The van der Waals surface area contributed by atoms with Gasteiger partial charge < -0.3 is 0 Å². The van der Waals surface area contributed by atoms with Gasteiger partial charge in [0.25, 0.3) is 10.0 Å². The molecule has 18 heavy (non-hydrogen) atoms. The second kappa shape index (κ2) is 5.21. The van der Waals surface area contributed by atoms with Crippen molar-refractivity contribution in [3.63, 3.8) is 0 Å². The largest absolute Gasteiger partial charge is 0.266 e. The highest BCUT2D eigenvalue weighted by Gasteiger charge is 2.19. The van der Waals surface area contributed by atoms with Gasteiger partial charge in [-0.05, 0) is 30.7 Å². The summed E-state index contributed by atoms with van der Waals surface area (Å²) in [6.45, 7) is 1.79. The minimum Gasteiger partial charge on any atom is -0.266 e. The number of rotatable bonds is 4. The van der Waals surface area contributed by atoms with Crippen molar-refractivity contribution < 1.29 is 8.42 Å². The maximum Gasteiger partial charge on any atom is 0.258 e. The van der Waals surface area contributed by atoms with E-state index in [0.29, 0.717) is 0 Å². The number of halogens is 1. The number of H-pyrrole nitrogens is 1. The second-order valence-corrected chi connectivity index (χ2v) is 6.41. The molecule has 2 N–H and O–H groups in total. The van der Waals surface area contributed by atoms with E-state index in [1.165, 1.54) is 12.3 Å². The number of aromatic amines is 1. The molecule has 0 unspecified atom stereocenters. The van der Waals surface area contributed by atoms with Crippen LogP contribution in [0.2, 0.25) is 0 Å². The number of benzene rings is 1. The van der Waals surface area contributed by atoms with Crippen LogP contribution in [0.3, 0.4) is 0 Å². The Labute approximate surface area is 114 Å². The van der Waals surface area contributed by atoms with Crippen molar-refractivity contribution in [1.29, 1.82) is 0 Å². The fourth-order valence-corrected chi connectivity index (χ4v) is 2.91. The average molecular weight is 330 g/mol. The van der Waals surface area contributed by atoms with Crippen LogP contribution >= 0.6 is 15.9 Å². The van der Waals surface area contributed by atoms with E-state index >= 15 is 0 Å². The molecule has 0 radical (unpaired) electrons. The van der Waals surface area contributed by atoms with Crippen molar-refractivity contribution in [3.8, 4) is 0 Å². The molecule has 0 aliphatic carbocycles. The van der Waals surface area contributed by atoms with Gasteiger partial charge in [-0.3, -0.25) is 5.10 Å². The highest BCUT2D eigenvalue weighted by molar-refractivity contribution is 9.10. The zero-order chi connectivity index (χ0) is 13.2. The van der Waals surface area contributed by atoms with Crippen molar-refractivity contribution in [2.75, 3.05) is 0 Å². The van der Waals surface area contributed by atoms with Crippen molar-refractivity contribution in [2.24, 2.45) is 0 Å². The van der Waals surface area contributed by atoms with Crippen LogP contribution in [0.25, 0.3) is 0 Å². The Morgan fingerprint density at radius 2 is 1.94 bits per heavy atom. The first-order valence-electron chi connectivity index (χ1n) is 5.26. The molecule has 1 aromatic heterocycles. The summed E-state index contributed by atoms with van der Waals surface area (Å²) in [7, 11) is -3.55. The van der Waals surface area contributed by atoms with Crippen LogP contribution in [0.5, 0.6) is 0 Å². The zero-order valence-electron chi connectivity index (χ0n) is 9.59. The highest BCUT2D eigenvalue weighted by atomic mass is 79.9. The Kier molecular flexibility index (Phi) is 3.84. The standard InChI is InChI=1S/C11H12BrN3O2S/c1-8(9-2-4-10(12)5-3-9)15-18(16,17)11-6-7-13-14-11/h2-8,15H,1H3,(H,13,14)/t8-/m0/s1. The Bertz CT molecular complexity index is 608. The smallest absolute Gasteiger partial charge is 0.258 e. The molecule has 1 atom stereocenters. The third-order valence-corrected chi connectivity index (χ3v) is 4.47. The molecule has 0 aliphatic heterocycles. The lowest BCUT2D eigenvalue weighted by Crippen LogP contribution is -2.27. The summed E-state index contributed by atoms with van der Waals surface area (Å²) in [5.41, 5.74) is 0.890. The highest BCUT2D eigenvalue weighted by Crippen LogP contribution is 2.18. The summed E-state index contributed by atoms with van der Waals surface area (Å²) in [5, 5.41) is 6.13. The number of nitrogens with one attached hydrogen (secondary N) is 2. The van der Waals surface area contributed by atoms with Gasteiger partial charge in [0.1, 0.15) is 0 Å². The number of hydrogen-bond donors (Lipinski definition) is 2. The lowest BCUT2D eigenvalue weighted by molar-refractivity contribution is 0.562. The molecule has 0 amide bonds. The van der Waals surface area contributed by atoms with E-state index in [1.807, 2.05) is 24.3 Å². The number of sulfonamides is 1. The molecule has 0 bridgehead atoms. The topological polar surface area (TPSA) is 74.8 Å². The predicted molar refractivity (Wildman–Crippen MR) is 71.5 cm³/mol. The van der Waals surface area contributed by atoms with Gasteiger partial charge >= 0.3 is 0 Å². The fraction of sp³-hybridized carbons (Fsp3) is 0.182. The summed E-state index contributed by atoms with van der Waals surface area (Å²) in [5.74, 6) is 0. The molecule has 2 aromatic rings. The quantitative estimate of drug-likeness (QED) is 0.903. The van der Waals surface area contributed by atoms with E-state index in [2.05, 4.69) is 30.8 Å². The molecule has 0 fully saturated rings. The second-order valence-electron chi connectivity index (χ2n) is 3.82. The van der Waals surface area contributed by atoms with Crippen LogP contribution in [0.15, 0.2) is 46.0 Å². The Morgan fingerprint density at radius 3 is 2.50 bits per heavy atom. The Hall–Kier alpha value is -1.18. The molecule has 0 aliphatic rings. The van der Waals surface area contributed by atoms with Crippen molar-refractivity contribution >= 4 is 26.0 Å². The van der Waals surface area contributed by atoms with E-state index in [-0.39, 0.29) is 11.1 Å². The van der Waals surface area contributed by atoms with Crippen LogP contribution in [0, 0.1) is 0 Å². The molecule has 7 heteroatoms. The molecule has 0 saturated heterocycles. The van der Waals surface area contributed by atoms with Crippen molar-refractivity contribution in [2.45, 2.75) is 18.0 Å². The van der Waals surface area contributed by atoms with Gasteiger partial charge in [-0.15, -0.1) is 0 Å². The van der Waals surface area contributed by atoms with Crippen LogP contribution in [-0.4, -0.2) is 18.6 Å².